The summed E-state index contributed by atoms with van der Waals surface area (Å²) >= 11 is 0. The van der Waals surface area contributed by atoms with Crippen LogP contribution in [0.5, 0.6) is 0 Å². The molecule has 6 heteroatoms. The molecule has 6 nitrogen and oxygen atoms in total. The molecule has 2 amide bonds. The number of aryl methyl sites for hydroxylation is 1. The lowest BCUT2D eigenvalue weighted by Gasteiger charge is -2.44. The smallest absolute Gasteiger partial charge is 0.289 e. The molecule has 2 fully saturated rings. The van der Waals surface area contributed by atoms with Crippen LogP contribution in [0.3, 0.4) is 0 Å². The van der Waals surface area contributed by atoms with E-state index in [0.717, 1.165) is 56.3 Å². The molecular weight excluding hydrogens is 474 g/mol. The van der Waals surface area contributed by atoms with E-state index in [4.69, 9.17) is 4.74 Å². The first-order valence-corrected chi connectivity index (χ1v) is 14.3. The van der Waals surface area contributed by atoms with Crippen molar-refractivity contribution >= 4 is 17.9 Å². The predicted octanol–water partition coefficient (Wildman–Crippen LogP) is 5.56. The van der Waals surface area contributed by atoms with Crippen LogP contribution < -0.4 is 5.32 Å². The van der Waals surface area contributed by atoms with E-state index < -0.39 is 0 Å². The molecular formula is C32H43N3O3. The van der Waals surface area contributed by atoms with Gasteiger partial charge in [0.2, 0.25) is 0 Å². The summed E-state index contributed by atoms with van der Waals surface area (Å²) in [4.78, 5) is 30.4. The molecule has 4 rings (SSSR count). The number of carbonyl (C=O) groups is 2. The lowest BCUT2D eigenvalue weighted by molar-refractivity contribution is -0.149. The number of hydrogen-bond donors (Lipinski definition) is 1. The summed E-state index contributed by atoms with van der Waals surface area (Å²) in [5.74, 6) is 0.267. The van der Waals surface area contributed by atoms with Crippen molar-refractivity contribution in [3.05, 3.63) is 76.5 Å². The molecule has 2 aromatic carbocycles. The van der Waals surface area contributed by atoms with E-state index in [1.54, 1.807) is 0 Å². The van der Waals surface area contributed by atoms with Gasteiger partial charge in [-0.2, -0.15) is 0 Å². The van der Waals surface area contributed by atoms with Gasteiger partial charge in [0.25, 0.3) is 11.8 Å². The molecule has 0 spiro atoms. The minimum atomic E-state index is -0.0697. The van der Waals surface area contributed by atoms with Gasteiger partial charge in [-0.15, -0.1) is 0 Å². The Labute approximate surface area is 228 Å². The maximum atomic E-state index is 13.5. The van der Waals surface area contributed by atoms with E-state index in [9.17, 15) is 9.59 Å². The van der Waals surface area contributed by atoms with Crippen LogP contribution in [0.4, 0.5) is 0 Å². The van der Waals surface area contributed by atoms with E-state index in [0.29, 0.717) is 24.4 Å². The summed E-state index contributed by atoms with van der Waals surface area (Å²) in [6.45, 7) is 7.59. The molecule has 1 aliphatic carbocycles. The third-order valence-electron chi connectivity index (χ3n) is 7.66. The van der Waals surface area contributed by atoms with Crippen LogP contribution in [0.25, 0.3) is 6.08 Å². The molecule has 0 radical (unpaired) electrons. The van der Waals surface area contributed by atoms with E-state index >= 15 is 0 Å². The Morgan fingerprint density at radius 1 is 1.05 bits per heavy atom. The summed E-state index contributed by atoms with van der Waals surface area (Å²) in [5.41, 5.74) is 3.82. The minimum absolute atomic E-state index is 0.0317. The van der Waals surface area contributed by atoms with Gasteiger partial charge in [-0.05, 0) is 88.5 Å². The molecule has 38 heavy (non-hydrogen) atoms. The van der Waals surface area contributed by atoms with Crippen LogP contribution in [0.2, 0.25) is 0 Å². The van der Waals surface area contributed by atoms with Gasteiger partial charge in [-0.3, -0.25) is 9.59 Å². The zero-order valence-electron chi connectivity index (χ0n) is 23.2. The van der Waals surface area contributed by atoms with Gasteiger partial charge in [0.05, 0.1) is 6.04 Å². The highest BCUT2D eigenvalue weighted by atomic mass is 16.5. The third-order valence-corrected chi connectivity index (χ3v) is 7.66. The second kappa shape index (κ2) is 13.6. The van der Waals surface area contributed by atoms with Crippen molar-refractivity contribution in [2.75, 3.05) is 26.7 Å². The van der Waals surface area contributed by atoms with E-state index in [2.05, 4.69) is 55.4 Å². The first-order chi connectivity index (χ1) is 18.4. The first kappa shape index (κ1) is 27.9. The van der Waals surface area contributed by atoms with E-state index in [1.807, 2.05) is 35.2 Å². The van der Waals surface area contributed by atoms with Gasteiger partial charge in [-0.25, -0.2) is 0 Å². The van der Waals surface area contributed by atoms with Crippen molar-refractivity contribution in [2.24, 2.45) is 0 Å². The van der Waals surface area contributed by atoms with Crippen LogP contribution >= 0.6 is 0 Å². The normalized spacial score (nSPS) is 20.4. The van der Waals surface area contributed by atoms with Crippen LogP contribution in [-0.2, 0) is 16.1 Å². The van der Waals surface area contributed by atoms with Gasteiger partial charge < -0.3 is 19.9 Å². The molecule has 1 heterocycles. The molecule has 2 aromatic rings. The average Bonchev–Trinajstić information content (AvgIpc) is 2.93. The fourth-order valence-electron chi connectivity index (χ4n) is 5.33. The Hall–Kier alpha value is -3.12. The van der Waals surface area contributed by atoms with Crippen LogP contribution in [0.15, 0.2) is 54.3 Å². The van der Waals surface area contributed by atoms with Gasteiger partial charge in [0.1, 0.15) is 6.10 Å². The molecule has 0 bridgehead atoms. The third kappa shape index (κ3) is 7.47. The number of unbranched alkanes of at least 4 members (excludes halogenated alkanes) is 1. The summed E-state index contributed by atoms with van der Waals surface area (Å²) in [7, 11) is 2.13. The molecule has 204 valence electrons. The Kier molecular flexibility index (Phi) is 9.99. The van der Waals surface area contributed by atoms with Gasteiger partial charge in [0.15, 0.2) is 5.76 Å². The molecule has 0 aromatic heterocycles. The van der Waals surface area contributed by atoms with E-state index in [1.165, 1.54) is 18.4 Å². The number of morpholine rings is 1. The summed E-state index contributed by atoms with van der Waals surface area (Å²) in [5, 5.41) is 3.02. The second-order valence-corrected chi connectivity index (χ2v) is 10.8. The highest BCUT2D eigenvalue weighted by molar-refractivity contribution is 5.97. The largest absolute Gasteiger partial charge is 0.482 e. The van der Waals surface area contributed by atoms with Crippen LogP contribution in [0.1, 0.15) is 78.9 Å². The van der Waals surface area contributed by atoms with Gasteiger partial charge in [-0.1, -0.05) is 61.7 Å². The monoisotopic (exact) mass is 517 g/mol. The lowest BCUT2D eigenvalue weighted by Crippen LogP contribution is -2.54. The molecule has 2 aliphatic rings. The number of ether oxygens (including phenoxy) is 1. The standard InChI is InChI=1S/C32H43N3O3/c1-4-5-20-34(3)21-8-19-33-31(36)27-17-15-25(16-18-27)22-30-32(37)35(23-26-13-11-24(2)12-14-26)28-9-6-7-10-29(28)38-30/h11-18,22,28-29H,4-10,19-21,23H2,1-3H3,(H,33,36)/b30-22+. The molecule has 2 atom stereocenters. The Bertz CT molecular complexity index is 1090. The predicted molar refractivity (Wildman–Crippen MR) is 153 cm³/mol. The Morgan fingerprint density at radius 2 is 1.76 bits per heavy atom. The maximum Gasteiger partial charge on any atom is 0.289 e. The van der Waals surface area contributed by atoms with Crippen molar-refractivity contribution in [3.8, 4) is 0 Å². The molecule has 1 saturated carbocycles. The number of benzene rings is 2. The van der Waals surface area contributed by atoms with Gasteiger partial charge >= 0.3 is 0 Å². The summed E-state index contributed by atoms with van der Waals surface area (Å²) in [6, 6.07) is 15.9. The lowest BCUT2D eigenvalue weighted by atomic mass is 9.89. The fraction of sp³-hybridized carbons (Fsp3) is 0.500. The van der Waals surface area contributed by atoms with Crippen molar-refractivity contribution < 1.29 is 14.3 Å². The minimum Gasteiger partial charge on any atom is -0.482 e. The number of fused-ring (bicyclic) bond motifs is 1. The number of carbonyl (C=O) groups excluding carboxylic acids is 2. The van der Waals surface area contributed by atoms with Crippen LogP contribution in [-0.4, -0.2) is 60.4 Å². The quantitative estimate of drug-likeness (QED) is 0.313. The summed E-state index contributed by atoms with van der Waals surface area (Å²) in [6.07, 6.45) is 9.38. The Balaban J connectivity index is 1.38. The van der Waals surface area contributed by atoms with Crippen LogP contribution in [0, 0.1) is 6.92 Å². The van der Waals surface area contributed by atoms with Crippen molar-refractivity contribution in [1.82, 2.24) is 15.1 Å². The number of hydrogen-bond acceptors (Lipinski definition) is 4. The van der Waals surface area contributed by atoms with Crippen molar-refractivity contribution in [3.63, 3.8) is 0 Å². The molecule has 1 N–H and O–H groups in total. The van der Waals surface area contributed by atoms with E-state index in [-0.39, 0.29) is 24.0 Å². The maximum absolute atomic E-state index is 13.5. The molecule has 1 aliphatic heterocycles. The average molecular weight is 518 g/mol. The zero-order valence-corrected chi connectivity index (χ0v) is 23.2. The SMILES string of the molecule is CCCCN(C)CCCNC(=O)c1ccc(/C=C2/OC3CCCCC3N(Cc3ccc(C)cc3)C2=O)cc1. The zero-order chi connectivity index (χ0) is 26.9. The number of nitrogens with zero attached hydrogens (tertiary/aromatic N) is 2. The van der Waals surface area contributed by atoms with Crippen molar-refractivity contribution in [2.45, 2.75) is 77.5 Å². The topological polar surface area (TPSA) is 61.9 Å². The molecule has 1 saturated heterocycles. The van der Waals surface area contributed by atoms with Crippen molar-refractivity contribution in [1.29, 1.82) is 0 Å². The highest BCUT2D eigenvalue weighted by Gasteiger charge is 2.41. The number of rotatable bonds is 11. The Morgan fingerprint density at radius 3 is 2.50 bits per heavy atom. The number of nitrogens with one attached hydrogen (secondary N) is 1. The summed E-state index contributed by atoms with van der Waals surface area (Å²) < 4.78 is 6.27. The molecule has 2 unspecified atom stereocenters. The fourth-order valence-corrected chi connectivity index (χ4v) is 5.33. The highest BCUT2D eigenvalue weighted by Crippen LogP contribution is 2.34. The number of amides is 2. The second-order valence-electron chi connectivity index (χ2n) is 10.8. The first-order valence-electron chi connectivity index (χ1n) is 14.3. The van der Waals surface area contributed by atoms with Gasteiger partial charge in [0, 0.05) is 18.7 Å².